The van der Waals surface area contributed by atoms with Gasteiger partial charge in [0, 0.05) is 68.7 Å². The standard InChI is InChI=1S/C33H35F2N3O2/c34-25-12-8-23(9-13-25)31(39)6-2-17-36-19-16-29-28(22-36)27-4-1-5-30-33(27)38(29)21-20-37(30)18-3-7-32(40)24-10-14-26(35)15-11-24/h1,4-5,8-15,28-29H,2-3,6-7,16-22H2/t28-,29-/m0/s1. The molecule has 0 radical (unpaired) electrons. The molecule has 0 aliphatic carbocycles. The minimum absolute atomic E-state index is 0.0578. The van der Waals surface area contributed by atoms with Crippen LogP contribution in [0, 0.1) is 11.6 Å². The Balaban J connectivity index is 1.05. The number of hydrogen-bond acceptors (Lipinski definition) is 5. The quantitative estimate of drug-likeness (QED) is 0.290. The number of likely N-dealkylation sites (tertiary alicyclic amines) is 1. The number of para-hydroxylation sites is 1. The van der Waals surface area contributed by atoms with Gasteiger partial charge in [0.15, 0.2) is 11.6 Å². The summed E-state index contributed by atoms with van der Waals surface area (Å²) in [6, 6.07) is 18.8. The molecule has 0 aromatic heterocycles. The molecule has 7 heteroatoms. The Morgan fingerprint density at radius 3 is 2.02 bits per heavy atom. The van der Waals surface area contributed by atoms with Crippen LogP contribution in [-0.4, -0.2) is 61.8 Å². The van der Waals surface area contributed by atoms with Crippen LogP contribution in [0.15, 0.2) is 66.7 Å². The third-order valence-electron chi connectivity index (χ3n) is 8.79. The topological polar surface area (TPSA) is 43.9 Å². The summed E-state index contributed by atoms with van der Waals surface area (Å²) >= 11 is 0. The molecule has 3 aliphatic heterocycles. The second-order valence-corrected chi connectivity index (χ2v) is 11.2. The van der Waals surface area contributed by atoms with Gasteiger partial charge in [-0.2, -0.15) is 0 Å². The van der Waals surface area contributed by atoms with Crippen molar-refractivity contribution >= 4 is 22.9 Å². The monoisotopic (exact) mass is 543 g/mol. The Bertz CT molecular complexity index is 1380. The number of anilines is 2. The lowest BCUT2D eigenvalue weighted by Crippen LogP contribution is -2.50. The number of carbonyl (C=O) groups is 2. The van der Waals surface area contributed by atoms with Gasteiger partial charge in [0.25, 0.3) is 0 Å². The number of rotatable bonds is 10. The van der Waals surface area contributed by atoms with Crippen molar-refractivity contribution < 1.29 is 18.4 Å². The van der Waals surface area contributed by atoms with Crippen molar-refractivity contribution in [1.82, 2.24) is 4.90 Å². The zero-order valence-corrected chi connectivity index (χ0v) is 22.7. The summed E-state index contributed by atoms with van der Waals surface area (Å²) in [4.78, 5) is 32.6. The lowest BCUT2D eigenvalue weighted by atomic mass is 9.89. The molecule has 5 nitrogen and oxygen atoms in total. The van der Waals surface area contributed by atoms with Crippen LogP contribution in [0.1, 0.15) is 64.3 Å². The van der Waals surface area contributed by atoms with Gasteiger partial charge < -0.3 is 14.7 Å². The van der Waals surface area contributed by atoms with Crippen LogP contribution in [0.5, 0.6) is 0 Å². The van der Waals surface area contributed by atoms with E-state index in [1.165, 1.54) is 41.2 Å². The van der Waals surface area contributed by atoms with Crippen LogP contribution < -0.4 is 9.80 Å². The zero-order valence-electron chi connectivity index (χ0n) is 22.7. The number of ketones is 2. The zero-order chi connectivity index (χ0) is 27.6. The largest absolute Gasteiger partial charge is 0.368 e. The van der Waals surface area contributed by atoms with Crippen LogP contribution in [0.3, 0.4) is 0 Å². The lowest BCUT2D eigenvalue weighted by molar-refractivity contribution is 0.0966. The lowest BCUT2D eigenvalue weighted by Gasteiger charge is -2.42. The summed E-state index contributed by atoms with van der Waals surface area (Å²) < 4.78 is 26.4. The van der Waals surface area contributed by atoms with Gasteiger partial charge in [-0.3, -0.25) is 9.59 Å². The maximum atomic E-state index is 13.2. The van der Waals surface area contributed by atoms with E-state index >= 15 is 0 Å². The van der Waals surface area contributed by atoms with E-state index in [0.29, 0.717) is 35.9 Å². The average molecular weight is 544 g/mol. The summed E-state index contributed by atoms with van der Waals surface area (Å²) in [6.45, 7) is 5.67. The second-order valence-electron chi connectivity index (χ2n) is 11.2. The average Bonchev–Trinajstić information content (AvgIpc) is 3.29. The van der Waals surface area contributed by atoms with E-state index < -0.39 is 0 Å². The third-order valence-corrected chi connectivity index (χ3v) is 8.79. The van der Waals surface area contributed by atoms with Crippen LogP contribution in [0.2, 0.25) is 0 Å². The number of hydrogen-bond donors (Lipinski definition) is 0. The fraction of sp³-hybridized carbons (Fsp3) is 0.394. The second kappa shape index (κ2) is 11.5. The summed E-state index contributed by atoms with van der Waals surface area (Å²) in [5, 5.41) is 0. The fourth-order valence-corrected chi connectivity index (χ4v) is 6.78. The summed E-state index contributed by atoms with van der Waals surface area (Å²) in [6.07, 6.45) is 3.59. The molecule has 1 fully saturated rings. The number of Topliss-reactive ketones (excluding diaryl/α,β-unsaturated/α-hetero) is 2. The van der Waals surface area contributed by atoms with Gasteiger partial charge in [0.2, 0.25) is 0 Å². The van der Waals surface area contributed by atoms with Gasteiger partial charge in [-0.1, -0.05) is 12.1 Å². The molecule has 0 amide bonds. The number of nitrogens with zero attached hydrogens (tertiary/aromatic N) is 3. The first-order valence-electron chi connectivity index (χ1n) is 14.4. The van der Waals surface area contributed by atoms with Crippen molar-refractivity contribution in [3.05, 3.63) is 95.1 Å². The van der Waals surface area contributed by atoms with Gasteiger partial charge >= 0.3 is 0 Å². The maximum absolute atomic E-state index is 13.2. The van der Waals surface area contributed by atoms with E-state index in [-0.39, 0.29) is 23.2 Å². The van der Waals surface area contributed by atoms with Crippen molar-refractivity contribution in [3.8, 4) is 0 Å². The third kappa shape index (κ3) is 5.39. The number of halogens is 2. The van der Waals surface area contributed by atoms with Crippen LogP contribution in [-0.2, 0) is 0 Å². The number of piperidine rings is 1. The van der Waals surface area contributed by atoms with E-state index in [0.717, 1.165) is 58.5 Å². The first kappa shape index (κ1) is 26.6. The number of benzene rings is 3. The summed E-state index contributed by atoms with van der Waals surface area (Å²) in [7, 11) is 0. The molecule has 0 spiro atoms. The molecule has 0 unspecified atom stereocenters. The van der Waals surface area contributed by atoms with E-state index in [4.69, 9.17) is 0 Å². The maximum Gasteiger partial charge on any atom is 0.162 e. The Labute approximate surface area is 234 Å². The minimum atomic E-state index is -0.326. The first-order valence-corrected chi connectivity index (χ1v) is 14.4. The highest BCUT2D eigenvalue weighted by atomic mass is 19.1. The van der Waals surface area contributed by atoms with Gasteiger partial charge in [0.1, 0.15) is 11.6 Å². The van der Waals surface area contributed by atoms with Gasteiger partial charge in [-0.25, -0.2) is 8.78 Å². The molecular formula is C33H35F2N3O2. The Morgan fingerprint density at radius 1 is 0.750 bits per heavy atom. The highest BCUT2D eigenvalue weighted by Gasteiger charge is 2.44. The fourth-order valence-electron chi connectivity index (χ4n) is 6.78. The Hall–Kier alpha value is -3.58. The predicted molar refractivity (Wildman–Crippen MR) is 154 cm³/mol. The van der Waals surface area contributed by atoms with Crippen molar-refractivity contribution in [2.75, 3.05) is 49.1 Å². The van der Waals surface area contributed by atoms with Crippen molar-refractivity contribution in [1.29, 1.82) is 0 Å². The van der Waals surface area contributed by atoms with Gasteiger partial charge in [-0.05, 0) is 86.0 Å². The minimum Gasteiger partial charge on any atom is -0.368 e. The van der Waals surface area contributed by atoms with Gasteiger partial charge in [-0.15, -0.1) is 0 Å². The summed E-state index contributed by atoms with van der Waals surface area (Å²) in [5.74, 6) is -0.0633. The molecular weight excluding hydrogens is 508 g/mol. The van der Waals surface area contributed by atoms with Crippen LogP contribution >= 0.6 is 0 Å². The Morgan fingerprint density at radius 2 is 1.38 bits per heavy atom. The molecule has 3 aromatic carbocycles. The molecule has 1 saturated heterocycles. The van der Waals surface area contributed by atoms with E-state index in [2.05, 4.69) is 32.9 Å². The molecule has 3 aliphatic rings. The SMILES string of the molecule is O=C(CCCN1CC[C@H]2[C@@H](C1)c1cccc3c1N2CCN3CCCC(=O)c1ccc(F)cc1)c1ccc(F)cc1. The first-order chi connectivity index (χ1) is 19.5. The highest BCUT2D eigenvalue weighted by molar-refractivity contribution is 5.96. The molecule has 6 rings (SSSR count). The molecule has 3 aromatic rings. The van der Waals surface area contributed by atoms with Crippen LogP contribution in [0.25, 0.3) is 0 Å². The Kier molecular flexibility index (Phi) is 7.65. The molecule has 2 atom stereocenters. The van der Waals surface area contributed by atoms with E-state index in [9.17, 15) is 18.4 Å². The van der Waals surface area contributed by atoms with Crippen molar-refractivity contribution in [3.63, 3.8) is 0 Å². The molecule has 3 heterocycles. The molecule has 0 saturated carbocycles. The summed E-state index contributed by atoms with van der Waals surface area (Å²) in [5.41, 5.74) is 5.20. The molecule has 208 valence electrons. The van der Waals surface area contributed by atoms with Crippen LogP contribution in [0.4, 0.5) is 20.2 Å². The van der Waals surface area contributed by atoms with E-state index in [1.807, 2.05) is 0 Å². The number of carbonyl (C=O) groups excluding carboxylic acids is 2. The molecule has 0 bridgehead atoms. The van der Waals surface area contributed by atoms with E-state index in [1.54, 1.807) is 24.3 Å². The van der Waals surface area contributed by atoms with Crippen molar-refractivity contribution in [2.24, 2.45) is 0 Å². The highest BCUT2D eigenvalue weighted by Crippen LogP contribution is 2.50. The van der Waals surface area contributed by atoms with Gasteiger partial charge in [0.05, 0.1) is 11.4 Å². The normalized spacial score (nSPS) is 19.9. The smallest absolute Gasteiger partial charge is 0.162 e. The van der Waals surface area contributed by atoms with Crippen molar-refractivity contribution in [2.45, 2.75) is 44.1 Å². The predicted octanol–water partition coefficient (Wildman–Crippen LogP) is 6.09. The molecule has 0 N–H and O–H groups in total. The molecule has 40 heavy (non-hydrogen) atoms. The number of fused-ring (bicyclic) bond motifs is 3.